The third-order valence-corrected chi connectivity index (χ3v) is 2.91. The van der Waals surface area contributed by atoms with E-state index in [2.05, 4.69) is 25.7 Å². The van der Waals surface area contributed by atoms with Crippen molar-refractivity contribution in [3.8, 4) is 0 Å². The number of rotatable bonds is 6. The minimum atomic E-state index is 0.425. The van der Waals surface area contributed by atoms with Gasteiger partial charge >= 0.3 is 0 Å². The van der Waals surface area contributed by atoms with Crippen LogP contribution in [0.2, 0.25) is 0 Å². The van der Waals surface area contributed by atoms with Gasteiger partial charge in [0.25, 0.3) is 0 Å². The van der Waals surface area contributed by atoms with E-state index >= 15 is 0 Å². The van der Waals surface area contributed by atoms with Crippen LogP contribution in [0.15, 0.2) is 0 Å². The van der Waals surface area contributed by atoms with Gasteiger partial charge in [0.05, 0.1) is 0 Å². The maximum absolute atomic E-state index is 6.11. The fourth-order valence-corrected chi connectivity index (χ4v) is 1.79. The molecule has 1 fully saturated rings. The summed E-state index contributed by atoms with van der Waals surface area (Å²) < 4.78 is 0. The second-order valence-electron chi connectivity index (χ2n) is 4.59. The Morgan fingerprint density at radius 3 is 2.38 bits per heavy atom. The molecule has 1 atom stereocenters. The molecule has 0 aromatic rings. The molecule has 0 amide bonds. The van der Waals surface area contributed by atoms with Gasteiger partial charge in [-0.25, -0.2) is 0 Å². The number of nitrogens with two attached hydrogens (primary N) is 1. The van der Waals surface area contributed by atoms with Gasteiger partial charge in [-0.2, -0.15) is 0 Å². The predicted octanol–water partition coefficient (Wildman–Crippen LogP) is 1.84. The monoisotopic (exact) mass is 184 g/mol. The number of hydrogen-bond donors (Lipinski definition) is 1. The third-order valence-electron chi connectivity index (χ3n) is 2.91. The normalized spacial score (nSPS) is 19.8. The van der Waals surface area contributed by atoms with Crippen LogP contribution in [0.4, 0.5) is 0 Å². The Kier molecular flexibility index (Phi) is 4.20. The second-order valence-corrected chi connectivity index (χ2v) is 4.59. The predicted molar refractivity (Wildman–Crippen MR) is 57.7 cm³/mol. The van der Waals surface area contributed by atoms with E-state index in [9.17, 15) is 0 Å². The highest BCUT2D eigenvalue weighted by molar-refractivity contribution is 4.86. The van der Waals surface area contributed by atoms with Crippen LogP contribution in [0.5, 0.6) is 0 Å². The zero-order valence-electron chi connectivity index (χ0n) is 9.29. The molecule has 0 aromatic heterocycles. The third kappa shape index (κ3) is 3.65. The van der Waals surface area contributed by atoms with E-state index in [-0.39, 0.29) is 0 Å². The largest absolute Gasteiger partial charge is 0.326 e. The van der Waals surface area contributed by atoms with Gasteiger partial charge in [0.15, 0.2) is 0 Å². The highest BCUT2D eigenvalue weighted by Crippen LogP contribution is 2.31. The van der Waals surface area contributed by atoms with Crippen LogP contribution >= 0.6 is 0 Å². The van der Waals surface area contributed by atoms with Gasteiger partial charge in [0.2, 0.25) is 0 Å². The summed E-state index contributed by atoms with van der Waals surface area (Å²) >= 11 is 0. The Hall–Kier alpha value is -0.0800. The van der Waals surface area contributed by atoms with Crippen molar-refractivity contribution >= 4 is 0 Å². The molecular formula is C11H24N2. The zero-order chi connectivity index (χ0) is 9.84. The summed E-state index contributed by atoms with van der Waals surface area (Å²) in [5.74, 6) is 0.832. The van der Waals surface area contributed by atoms with Crippen LogP contribution in [-0.2, 0) is 0 Å². The summed E-state index contributed by atoms with van der Waals surface area (Å²) in [6, 6.07) is 1.07. The molecule has 0 bridgehead atoms. The lowest BCUT2D eigenvalue weighted by Crippen LogP contribution is -2.42. The topological polar surface area (TPSA) is 29.3 Å². The van der Waals surface area contributed by atoms with Crippen molar-refractivity contribution in [3.05, 3.63) is 0 Å². The molecule has 2 N–H and O–H groups in total. The zero-order valence-corrected chi connectivity index (χ0v) is 9.29. The molecule has 0 saturated heterocycles. The van der Waals surface area contributed by atoms with Crippen molar-refractivity contribution in [1.29, 1.82) is 0 Å². The average molecular weight is 184 g/mol. The Bertz CT molecular complexity index is 141. The molecular weight excluding hydrogens is 160 g/mol. The Morgan fingerprint density at radius 2 is 2.00 bits per heavy atom. The highest BCUT2D eigenvalue weighted by Gasteiger charge is 2.29. The number of nitrogens with zero attached hydrogens (tertiary/aromatic N) is 1. The van der Waals surface area contributed by atoms with Gasteiger partial charge in [0, 0.05) is 18.6 Å². The quantitative estimate of drug-likeness (QED) is 0.682. The lowest BCUT2D eigenvalue weighted by atomic mass is 10.1. The van der Waals surface area contributed by atoms with Gasteiger partial charge in [-0.3, -0.25) is 4.90 Å². The van der Waals surface area contributed by atoms with Gasteiger partial charge in [-0.05, 0) is 45.6 Å². The molecule has 1 saturated carbocycles. The molecule has 1 aliphatic rings. The first kappa shape index (κ1) is 11.0. The number of hydrogen-bond acceptors (Lipinski definition) is 2. The van der Waals surface area contributed by atoms with E-state index in [4.69, 9.17) is 5.73 Å². The van der Waals surface area contributed by atoms with Crippen molar-refractivity contribution in [3.63, 3.8) is 0 Å². The van der Waals surface area contributed by atoms with Crippen LogP contribution in [-0.4, -0.2) is 30.1 Å². The Morgan fingerprint density at radius 1 is 1.38 bits per heavy atom. The van der Waals surface area contributed by atoms with Crippen LogP contribution in [0, 0.1) is 5.92 Å². The van der Waals surface area contributed by atoms with Gasteiger partial charge < -0.3 is 5.73 Å². The van der Waals surface area contributed by atoms with Gasteiger partial charge in [0.1, 0.15) is 0 Å². The van der Waals surface area contributed by atoms with E-state index in [1.165, 1.54) is 25.8 Å². The Balaban J connectivity index is 2.27. The van der Waals surface area contributed by atoms with E-state index in [0.29, 0.717) is 12.1 Å². The van der Waals surface area contributed by atoms with Crippen LogP contribution in [0.3, 0.4) is 0 Å². The molecule has 1 aliphatic carbocycles. The molecule has 13 heavy (non-hydrogen) atoms. The lowest BCUT2D eigenvalue weighted by Gasteiger charge is -2.28. The van der Waals surface area contributed by atoms with E-state index in [0.717, 1.165) is 12.5 Å². The fourth-order valence-electron chi connectivity index (χ4n) is 1.79. The van der Waals surface area contributed by atoms with Gasteiger partial charge in [-0.15, -0.1) is 0 Å². The van der Waals surface area contributed by atoms with E-state index in [1.807, 2.05) is 0 Å². The smallest absolute Gasteiger partial charge is 0.0196 e. The molecule has 0 aliphatic heterocycles. The first-order valence-corrected chi connectivity index (χ1v) is 5.64. The van der Waals surface area contributed by atoms with Crippen molar-refractivity contribution in [2.75, 3.05) is 13.1 Å². The van der Waals surface area contributed by atoms with Crippen molar-refractivity contribution < 1.29 is 0 Å². The summed E-state index contributed by atoms with van der Waals surface area (Å²) in [6.45, 7) is 9.04. The molecule has 2 nitrogen and oxygen atoms in total. The molecule has 1 unspecified atom stereocenters. The summed E-state index contributed by atoms with van der Waals surface area (Å²) in [6.07, 6.45) is 3.95. The average Bonchev–Trinajstić information content (AvgIpc) is 2.85. The maximum atomic E-state index is 6.11. The first-order valence-electron chi connectivity index (χ1n) is 5.64. The summed E-state index contributed by atoms with van der Waals surface area (Å²) in [5.41, 5.74) is 6.11. The molecule has 2 heteroatoms. The maximum Gasteiger partial charge on any atom is 0.0196 e. The van der Waals surface area contributed by atoms with Crippen LogP contribution in [0.25, 0.3) is 0 Å². The van der Waals surface area contributed by atoms with Crippen LogP contribution in [0.1, 0.15) is 40.0 Å². The molecule has 1 rings (SSSR count). The SMILES string of the molecule is CCCN(CC(N)C1CC1)C(C)C. The molecule has 0 radical (unpaired) electrons. The van der Waals surface area contributed by atoms with E-state index in [1.54, 1.807) is 0 Å². The van der Waals surface area contributed by atoms with Crippen molar-refractivity contribution in [2.24, 2.45) is 11.7 Å². The Labute approximate surface area is 82.5 Å². The minimum absolute atomic E-state index is 0.425. The minimum Gasteiger partial charge on any atom is -0.326 e. The summed E-state index contributed by atoms with van der Waals surface area (Å²) in [5, 5.41) is 0. The molecule has 0 spiro atoms. The van der Waals surface area contributed by atoms with Gasteiger partial charge in [-0.1, -0.05) is 6.92 Å². The second kappa shape index (κ2) is 4.97. The van der Waals surface area contributed by atoms with Crippen molar-refractivity contribution in [2.45, 2.75) is 52.1 Å². The molecule has 78 valence electrons. The molecule has 0 aromatic carbocycles. The summed E-state index contributed by atoms with van der Waals surface area (Å²) in [7, 11) is 0. The standard InChI is InChI=1S/C11H24N2/c1-4-7-13(9(2)3)8-11(12)10-5-6-10/h9-11H,4-8,12H2,1-3H3. The molecule has 0 heterocycles. The fraction of sp³-hybridized carbons (Fsp3) is 1.00. The lowest BCUT2D eigenvalue weighted by molar-refractivity contribution is 0.202. The van der Waals surface area contributed by atoms with Crippen molar-refractivity contribution in [1.82, 2.24) is 4.90 Å². The first-order chi connectivity index (χ1) is 6.15. The summed E-state index contributed by atoms with van der Waals surface area (Å²) in [4.78, 5) is 2.50. The highest BCUT2D eigenvalue weighted by atomic mass is 15.2. The van der Waals surface area contributed by atoms with Crippen LogP contribution < -0.4 is 5.73 Å². The van der Waals surface area contributed by atoms with E-state index < -0.39 is 0 Å².